The van der Waals surface area contributed by atoms with Crippen molar-refractivity contribution in [2.75, 3.05) is 42.4 Å². The Kier molecular flexibility index (Phi) is 6.08. The van der Waals surface area contributed by atoms with Crippen LogP contribution in [-0.4, -0.2) is 37.1 Å². The lowest BCUT2D eigenvalue weighted by molar-refractivity contribution is 0.979. The van der Waals surface area contributed by atoms with Crippen LogP contribution in [0.25, 0.3) is 0 Å². The van der Waals surface area contributed by atoms with Crippen LogP contribution in [0, 0.1) is 0 Å². The molecular formula is C12H21N3S. The molecule has 0 unspecified atom stereocenters. The highest BCUT2D eigenvalue weighted by Gasteiger charge is 1.96. The average molecular weight is 239 g/mol. The Balaban J connectivity index is 2.27. The number of nitrogens with one attached hydrogen (secondary N) is 1. The summed E-state index contributed by atoms with van der Waals surface area (Å²) in [5, 5.41) is 3.33. The molecule has 1 rings (SSSR count). The van der Waals surface area contributed by atoms with Gasteiger partial charge in [-0.05, 0) is 30.1 Å². The van der Waals surface area contributed by atoms with Crippen molar-refractivity contribution in [3.63, 3.8) is 0 Å². The molecule has 1 N–H and O–H groups in total. The SMILES string of the molecule is CCSCCCNc1ccc(N(C)C)cn1. The van der Waals surface area contributed by atoms with E-state index in [1.165, 1.54) is 17.9 Å². The predicted octanol–water partition coefficient (Wildman–Crippen LogP) is 2.70. The maximum absolute atomic E-state index is 4.36. The van der Waals surface area contributed by atoms with Gasteiger partial charge in [-0.1, -0.05) is 6.92 Å². The van der Waals surface area contributed by atoms with Crippen LogP contribution in [0.5, 0.6) is 0 Å². The van der Waals surface area contributed by atoms with E-state index >= 15 is 0 Å². The summed E-state index contributed by atoms with van der Waals surface area (Å²) in [5.41, 5.74) is 1.13. The fourth-order valence-electron chi connectivity index (χ4n) is 1.29. The Morgan fingerprint density at radius 2 is 2.19 bits per heavy atom. The van der Waals surface area contributed by atoms with Crippen LogP contribution in [0.3, 0.4) is 0 Å². The van der Waals surface area contributed by atoms with Gasteiger partial charge in [0.2, 0.25) is 0 Å². The fourth-order valence-corrected chi connectivity index (χ4v) is 1.93. The van der Waals surface area contributed by atoms with Crippen molar-refractivity contribution >= 4 is 23.3 Å². The molecule has 0 aliphatic carbocycles. The van der Waals surface area contributed by atoms with E-state index in [0.29, 0.717) is 0 Å². The maximum Gasteiger partial charge on any atom is 0.126 e. The third kappa shape index (κ3) is 4.75. The van der Waals surface area contributed by atoms with Gasteiger partial charge < -0.3 is 10.2 Å². The van der Waals surface area contributed by atoms with Crippen molar-refractivity contribution in [1.29, 1.82) is 0 Å². The zero-order chi connectivity index (χ0) is 11.8. The van der Waals surface area contributed by atoms with E-state index in [1.807, 2.05) is 38.1 Å². The number of aromatic nitrogens is 1. The van der Waals surface area contributed by atoms with Crippen LogP contribution < -0.4 is 10.2 Å². The van der Waals surface area contributed by atoms with Gasteiger partial charge in [0, 0.05) is 20.6 Å². The van der Waals surface area contributed by atoms with E-state index in [4.69, 9.17) is 0 Å². The smallest absolute Gasteiger partial charge is 0.126 e. The van der Waals surface area contributed by atoms with E-state index < -0.39 is 0 Å². The molecule has 4 heteroatoms. The topological polar surface area (TPSA) is 28.2 Å². The Labute approximate surface area is 103 Å². The minimum atomic E-state index is 0.965. The molecule has 0 saturated carbocycles. The largest absolute Gasteiger partial charge is 0.376 e. The van der Waals surface area contributed by atoms with Gasteiger partial charge in [0.15, 0.2) is 0 Å². The molecule has 0 aliphatic rings. The van der Waals surface area contributed by atoms with E-state index in [0.717, 1.165) is 18.1 Å². The number of thioether (sulfide) groups is 1. The molecule has 0 aromatic carbocycles. The summed E-state index contributed by atoms with van der Waals surface area (Å²) in [4.78, 5) is 6.41. The lowest BCUT2D eigenvalue weighted by atomic mass is 10.4. The van der Waals surface area contributed by atoms with Gasteiger partial charge in [-0.15, -0.1) is 0 Å². The number of hydrogen-bond donors (Lipinski definition) is 1. The first-order valence-corrected chi connectivity index (χ1v) is 6.84. The van der Waals surface area contributed by atoms with Crippen LogP contribution in [0.2, 0.25) is 0 Å². The lowest BCUT2D eigenvalue weighted by Gasteiger charge is -2.12. The third-order valence-electron chi connectivity index (χ3n) is 2.24. The summed E-state index contributed by atoms with van der Waals surface area (Å²) < 4.78 is 0. The highest BCUT2D eigenvalue weighted by Crippen LogP contribution is 2.12. The molecule has 0 aliphatic heterocycles. The van der Waals surface area contributed by atoms with Crippen LogP contribution in [0.1, 0.15) is 13.3 Å². The molecule has 0 fully saturated rings. The minimum Gasteiger partial charge on any atom is -0.376 e. The molecule has 0 atom stereocenters. The second-order valence-electron chi connectivity index (χ2n) is 3.77. The minimum absolute atomic E-state index is 0.965. The number of hydrogen-bond acceptors (Lipinski definition) is 4. The molecule has 1 aromatic rings. The molecule has 1 heterocycles. The van der Waals surface area contributed by atoms with E-state index in [2.05, 4.69) is 28.2 Å². The second kappa shape index (κ2) is 7.39. The van der Waals surface area contributed by atoms with Gasteiger partial charge in [-0.25, -0.2) is 4.98 Å². The van der Waals surface area contributed by atoms with Crippen molar-refractivity contribution in [1.82, 2.24) is 4.98 Å². The average Bonchev–Trinajstić information content (AvgIpc) is 2.29. The van der Waals surface area contributed by atoms with E-state index in [1.54, 1.807) is 0 Å². The number of pyridine rings is 1. The molecule has 90 valence electrons. The molecule has 16 heavy (non-hydrogen) atoms. The third-order valence-corrected chi connectivity index (χ3v) is 3.23. The zero-order valence-electron chi connectivity index (χ0n) is 10.4. The molecule has 0 radical (unpaired) electrons. The van der Waals surface area contributed by atoms with Crippen molar-refractivity contribution in [2.45, 2.75) is 13.3 Å². The maximum atomic E-state index is 4.36. The van der Waals surface area contributed by atoms with Gasteiger partial charge in [0.25, 0.3) is 0 Å². The van der Waals surface area contributed by atoms with Crippen molar-refractivity contribution < 1.29 is 0 Å². The Morgan fingerprint density at radius 3 is 2.75 bits per heavy atom. The highest BCUT2D eigenvalue weighted by molar-refractivity contribution is 7.99. The molecule has 0 amide bonds. The zero-order valence-corrected chi connectivity index (χ0v) is 11.2. The standard InChI is InChI=1S/C12H21N3S/c1-4-16-9-5-8-13-12-7-6-11(10-14-12)15(2)3/h6-7,10H,4-5,8-9H2,1-3H3,(H,13,14). The summed E-state index contributed by atoms with van der Waals surface area (Å²) in [6.45, 7) is 3.20. The quantitative estimate of drug-likeness (QED) is 0.741. The van der Waals surface area contributed by atoms with Crippen molar-refractivity contribution in [3.8, 4) is 0 Å². The van der Waals surface area contributed by atoms with Gasteiger partial charge in [-0.2, -0.15) is 11.8 Å². The second-order valence-corrected chi connectivity index (χ2v) is 5.17. The molecule has 0 spiro atoms. The molecule has 1 aromatic heterocycles. The molecule has 0 bridgehead atoms. The summed E-state index contributed by atoms with van der Waals surface area (Å²) in [7, 11) is 4.04. The number of anilines is 2. The summed E-state index contributed by atoms with van der Waals surface area (Å²) in [6, 6.07) is 4.11. The Hall–Kier alpha value is -0.900. The van der Waals surface area contributed by atoms with Gasteiger partial charge in [0.1, 0.15) is 5.82 Å². The van der Waals surface area contributed by atoms with Crippen LogP contribution in [-0.2, 0) is 0 Å². The summed E-state index contributed by atoms with van der Waals surface area (Å²) >= 11 is 1.98. The van der Waals surface area contributed by atoms with Crippen molar-refractivity contribution in [3.05, 3.63) is 18.3 Å². The monoisotopic (exact) mass is 239 g/mol. The molecule has 0 saturated heterocycles. The molecule has 3 nitrogen and oxygen atoms in total. The first-order chi connectivity index (χ1) is 7.74. The first kappa shape index (κ1) is 13.2. The normalized spacial score (nSPS) is 10.2. The Morgan fingerprint density at radius 1 is 1.38 bits per heavy atom. The number of nitrogens with zero attached hydrogens (tertiary/aromatic N) is 2. The van der Waals surface area contributed by atoms with Crippen LogP contribution in [0.15, 0.2) is 18.3 Å². The van der Waals surface area contributed by atoms with Crippen LogP contribution in [0.4, 0.5) is 11.5 Å². The first-order valence-electron chi connectivity index (χ1n) is 5.69. The fraction of sp³-hybridized carbons (Fsp3) is 0.583. The van der Waals surface area contributed by atoms with Crippen LogP contribution >= 0.6 is 11.8 Å². The van der Waals surface area contributed by atoms with Gasteiger partial charge >= 0.3 is 0 Å². The van der Waals surface area contributed by atoms with E-state index in [-0.39, 0.29) is 0 Å². The predicted molar refractivity (Wildman–Crippen MR) is 74.7 cm³/mol. The number of rotatable bonds is 7. The Bertz CT molecular complexity index is 285. The van der Waals surface area contributed by atoms with Gasteiger partial charge in [0.05, 0.1) is 11.9 Å². The van der Waals surface area contributed by atoms with Crippen molar-refractivity contribution in [2.24, 2.45) is 0 Å². The van der Waals surface area contributed by atoms with E-state index in [9.17, 15) is 0 Å². The summed E-state index contributed by atoms with van der Waals surface area (Å²) in [6.07, 6.45) is 3.08. The summed E-state index contributed by atoms with van der Waals surface area (Å²) in [5.74, 6) is 3.39. The lowest BCUT2D eigenvalue weighted by Crippen LogP contribution is -2.09. The van der Waals surface area contributed by atoms with Gasteiger partial charge in [-0.3, -0.25) is 0 Å². The molecular weight excluding hydrogens is 218 g/mol. The highest BCUT2D eigenvalue weighted by atomic mass is 32.2.